The standard InChI is InChI=1S/C13H24N2/c1-4-12-7-14-13(11-5-6-11)9-15(12)8-10(2)3/h11-14H,2,4-9H2,1,3H3. The van der Waals surface area contributed by atoms with Gasteiger partial charge in [0.1, 0.15) is 0 Å². The maximum Gasteiger partial charge on any atom is 0.0224 e. The van der Waals surface area contributed by atoms with Gasteiger partial charge in [0, 0.05) is 31.7 Å². The summed E-state index contributed by atoms with van der Waals surface area (Å²) in [4.78, 5) is 2.63. The summed E-state index contributed by atoms with van der Waals surface area (Å²) in [6.45, 7) is 12.0. The van der Waals surface area contributed by atoms with E-state index < -0.39 is 0 Å². The van der Waals surface area contributed by atoms with E-state index in [0.717, 1.165) is 24.5 Å². The highest BCUT2D eigenvalue weighted by atomic mass is 15.2. The highest BCUT2D eigenvalue weighted by Crippen LogP contribution is 2.34. The Balaban J connectivity index is 1.91. The Labute approximate surface area is 93.7 Å². The SMILES string of the molecule is C=C(C)CN1CC(C2CC2)NCC1CC. The van der Waals surface area contributed by atoms with Gasteiger partial charge in [-0.15, -0.1) is 0 Å². The molecule has 2 aliphatic rings. The van der Waals surface area contributed by atoms with Gasteiger partial charge in [-0.25, -0.2) is 0 Å². The molecular formula is C13H24N2. The van der Waals surface area contributed by atoms with Crippen LogP contribution in [0.2, 0.25) is 0 Å². The number of piperazine rings is 1. The van der Waals surface area contributed by atoms with E-state index >= 15 is 0 Å². The predicted octanol–water partition coefficient (Wildman–Crippen LogP) is 2.02. The maximum atomic E-state index is 4.04. The number of hydrogen-bond donors (Lipinski definition) is 1. The second kappa shape index (κ2) is 4.67. The molecule has 0 aromatic rings. The summed E-state index contributed by atoms with van der Waals surface area (Å²) in [5, 5.41) is 3.71. The molecule has 2 nitrogen and oxygen atoms in total. The van der Waals surface area contributed by atoms with Crippen LogP contribution in [0.3, 0.4) is 0 Å². The summed E-state index contributed by atoms with van der Waals surface area (Å²) in [6, 6.07) is 1.48. The van der Waals surface area contributed by atoms with Crippen molar-refractivity contribution in [2.75, 3.05) is 19.6 Å². The molecule has 0 bridgehead atoms. The van der Waals surface area contributed by atoms with Gasteiger partial charge >= 0.3 is 0 Å². The molecule has 2 fully saturated rings. The summed E-state index contributed by atoms with van der Waals surface area (Å²) in [5.41, 5.74) is 1.30. The third-order valence-electron chi connectivity index (χ3n) is 3.70. The van der Waals surface area contributed by atoms with Crippen molar-refractivity contribution >= 4 is 0 Å². The van der Waals surface area contributed by atoms with Crippen LogP contribution in [-0.4, -0.2) is 36.6 Å². The normalized spacial score (nSPS) is 32.9. The average molecular weight is 208 g/mol. The van der Waals surface area contributed by atoms with Gasteiger partial charge in [0.05, 0.1) is 0 Å². The number of hydrogen-bond acceptors (Lipinski definition) is 2. The van der Waals surface area contributed by atoms with E-state index in [-0.39, 0.29) is 0 Å². The quantitative estimate of drug-likeness (QED) is 0.711. The summed E-state index contributed by atoms with van der Waals surface area (Å²) < 4.78 is 0. The lowest BCUT2D eigenvalue weighted by molar-refractivity contribution is 0.130. The van der Waals surface area contributed by atoms with Crippen molar-refractivity contribution in [1.82, 2.24) is 10.2 Å². The minimum Gasteiger partial charge on any atom is -0.311 e. The van der Waals surface area contributed by atoms with Gasteiger partial charge in [-0.2, -0.15) is 0 Å². The van der Waals surface area contributed by atoms with Gasteiger partial charge in [0.15, 0.2) is 0 Å². The summed E-state index contributed by atoms with van der Waals surface area (Å²) >= 11 is 0. The van der Waals surface area contributed by atoms with E-state index in [2.05, 4.69) is 30.6 Å². The molecule has 2 atom stereocenters. The first-order valence-corrected chi connectivity index (χ1v) is 6.32. The summed E-state index contributed by atoms with van der Waals surface area (Å²) in [5.74, 6) is 0.968. The maximum absolute atomic E-state index is 4.04. The molecule has 0 radical (unpaired) electrons. The molecule has 1 aliphatic heterocycles. The Hall–Kier alpha value is -0.340. The van der Waals surface area contributed by atoms with E-state index in [4.69, 9.17) is 0 Å². The molecule has 1 saturated carbocycles. The smallest absolute Gasteiger partial charge is 0.0224 e. The molecule has 86 valence electrons. The van der Waals surface area contributed by atoms with Crippen LogP contribution in [0.4, 0.5) is 0 Å². The predicted molar refractivity (Wildman–Crippen MR) is 65.0 cm³/mol. The van der Waals surface area contributed by atoms with Crippen LogP contribution >= 0.6 is 0 Å². The fourth-order valence-corrected chi connectivity index (χ4v) is 2.64. The molecule has 1 heterocycles. The molecule has 1 aliphatic carbocycles. The number of rotatable bonds is 4. The zero-order chi connectivity index (χ0) is 10.8. The molecule has 2 unspecified atom stereocenters. The molecule has 0 aromatic carbocycles. The Morgan fingerprint density at radius 3 is 2.73 bits per heavy atom. The monoisotopic (exact) mass is 208 g/mol. The van der Waals surface area contributed by atoms with E-state index in [0.29, 0.717) is 0 Å². The van der Waals surface area contributed by atoms with Crippen LogP contribution in [0.15, 0.2) is 12.2 Å². The van der Waals surface area contributed by atoms with Gasteiger partial charge in [-0.05, 0) is 32.1 Å². The van der Waals surface area contributed by atoms with Gasteiger partial charge in [0.2, 0.25) is 0 Å². The Morgan fingerprint density at radius 2 is 2.20 bits per heavy atom. The fraction of sp³-hybridized carbons (Fsp3) is 0.846. The molecule has 0 amide bonds. The van der Waals surface area contributed by atoms with Crippen LogP contribution in [0.5, 0.6) is 0 Å². The first-order chi connectivity index (χ1) is 7.20. The second-order valence-electron chi connectivity index (χ2n) is 5.30. The van der Waals surface area contributed by atoms with E-state index in [1.54, 1.807) is 0 Å². The van der Waals surface area contributed by atoms with Crippen molar-refractivity contribution in [3.63, 3.8) is 0 Å². The van der Waals surface area contributed by atoms with Crippen LogP contribution in [-0.2, 0) is 0 Å². The Bertz CT molecular complexity index is 233. The third kappa shape index (κ3) is 2.82. The van der Waals surface area contributed by atoms with Crippen LogP contribution in [0, 0.1) is 5.92 Å². The van der Waals surface area contributed by atoms with Crippen molar-refractivity contribution in [2.24, 2.45) is 5.92 Å². The lowest BCUT2D eigenvalue weighted by atomic mass is 10.0. The van der Waals surface area contributed by atoms with E-state index in [1.807, 2.05) is 0 Å². The molecule has 1 saturated heterocycles. The van der Waals surface area contributed by atoms with Crippen molar-refractivity contribution < 1.29 is 0 Å². The van der Waals surface area contributed by atoms with Gasteiger partial charge in [0.25, 0.3) is 0 Å². The van der Waals surface area contributed by atoms with Gasteiger partial charge in [-0.3, -0.25) is 4.90 Å². The van der Waals surface area contributed by atoms with Crippen molar-refractivity contribution in [3.8, 4) is 0 Å². The molecule has 15 heavy (non-hydrogen) atoms. The zero-order valence-corrected chi connectivity index (χ0v) is 10.1. The fourth-order valence-electron chi connectivity index (χ4n) is 2.64. The largest absolute Gasteiger partial charge is 0.311 e. The average Bonchev–Trinajstić information content (AvgIpc) is 3.00. The first-order valence-electron chi connectivity index (χ1n) is 6.32. The van der Waals surface area contributed by atoms with E-state index in [9.17, 15) is 0 Å². The second-order valence-corrected chi connectivity index (χ2v) is 5.30. The van der Waals surface area contributed by atoms with Crippen LogP contribution < -0.4 is 5.32 Å². The lowest BCUT2D eigenvalue weighted by Crippen LogP contribution is -2.57. The lowest BCUT2D eigenvalue weighted by Gasteiger charge is -2.40. The number of nitrogens with zero attached hydrogens (tertiary/aromatic N) is 1. The Kier molecular flexibility index (Phi) is 3.47. The van der Waals surface area contributed by atoms with Crippen LogP contribution in [0.25, 0.3) is 0 Å². The molecule has 2 rings (SSSR count). The minimum absolute atomic E-state index is 0.719. The van der Waals surface area contributed by atoms with Gasteiger partial charge < -0.3 is 5.32 Å². The number of nitrogens with one attached hydrogen (secondary N) is 1. The van der Waals surface area contributed by atoms with Crippen molar-refractivity contribution in [2.45, 2.75) is 45.2 Å². The highest BCUT2D eigenvalue weighted by molar-refractivity contribution is 4.99. The minimum atomic E-state index is 0.719. The topological polar surface area (TPSA) is 15.3 Å². The highest BCUT2D eigenvalue weighted by Gasteiger charge is 2.36. The molecule has 0 aromatic heterocycles. The molecule has 1 N–H and O–H groups in total. The molecule has 0 spiro atoms. The van der Waals surface area contributed by atoms with Crippen molar-refractivity contribution in [1.29, 1.82) is 0 Å². The first kappa shape index (κ1) is 11.2. The Morgan fingerprint density at radius 1 is 1.47 bits per heavy atom. The van der Waals surface area contributed by atoms with Gasteiger partial charge in [-0.1, -0.05) is 19.1 Å². The van der Waals surface area contributed by atoms with Crippen molar-refractivity contribution in [3.05, 3.63) is 12.2 Å². The molecular weight excluding hydrogens is 184 g/mol. The summed E-state index contributed by atoms with van der Waals surface area (Å²) in [7, 11) is 0. The zero-order valence-electron chi connectivity index (χ0n) is 10.1. The third-order valence-corrected chi connectivity index (χ3v) is 3.70. The summed E-state index contributed by atoms with van der Waals surface area (Å²) in [6.07, 6.45) is 4.13. The van der Waals surface area contributed by atoms with Crippen LogP contribution in [0.1, 0.15) is 33.1 Å². The molecule has 2 heteroatoms. The van der Waals surface area contributed by atoms with E-state index in [1.165, 1.54) is 37.9 Å².